The second-order valence-corrected chi connectivity index (χ2v) is 16.4. The normalized spacial score (nSPS) is 14.8. The van der Waals surface area contributed by atoms with E-state index in [1.165, 1.54) is 4.48 Å². The Kier molecular flexibility index (Phi) is 10.6. The molecule has 1 aromatic heterocycles. The quantitative estimate of drug-likeness (QED) is 0.108. The van der Waals surface area contributed by atoms with E-state index in [9.17, 15) is 30.7 Å². The molecule has 0 amide bonds. The van der Waals surface area contributed by atoms with Crippen molar-refractivity contribution in [3.63, 3.8) is 0 Å². The molecule has 11 heteroatoms. The summed E-state index contributed by atoms with van der Waals surface area (Å²) in [5.74, 6) is -11.9. The molecule has 1 aliphatic rings. The lowest BCUT2D eigenvalue weighted by molar-refractivity contribution is -0.358. The van der Waals surface area contributed by atoms with Crippen molar-refractivity contribution < 1.29 is 35.4 Å². The number of halogens is 7. The van der Waals surface area contributed by atoms with E-state index in [2.05, 4.69) is 41.5 Å². The van der Waals surface area contributed by atoms with E-state index in [0.29, 0.717) is 33.8 Å². The van der Waals surface area contributed by atoms with E-state index in [0.717, 1.165) is 52.3 Å². The van der Waals surface area contributed by atoms with Crippen molar-refractivity contribution in [3.8, 4) is 22.4 Å². The first-order valence-electron chi connectivity index (χ1n) is 18.2. The topological polar surface area (TPSA) is 26.5 Å². The van der Waals surface area contributed by atoms with Gasteiger partial charge in [0.05, 0.1) is 11.4 Å². The highest BCUT2D eigenvalue weighted by molar-refractivity contribution is 6.29. The Morgan fingerprint density at radius 2 is 1.14 bits per heavy atom. The second-order valence-electron chi connectivity index (χ2n) is 16.4. The molecule has 291 valence electrons. The maximum Gasteiger partial charge on any atom is 0.459 e. The summed E-state index contributed by atoms with van der Waals surface area (Å²) in [6, 6.07) is 32.9. The number of rotatable bonds is 9. The van der Waals surface area contributed by atoms with Gasteiger partial charge in [-0.2, -0.15) is 30.7 Å². The predicted molar refractivity (Wildman–Crippen MR) is 212 cm³/mol. The third-order valence-corrected chi connectivity index (χ3v) is 10.1. The van der Waals surface area contributed by atoms with E-state index in [1.54, 1.807) is 0 Å². The first-order chi connectivity index (χ1) is 26.0. The van der Waals surface area contributed by atoms with Gasteiger partial charge >= 0.3 is 25.6 Å². The standard InChI is InChI=1S/C45H43BF7N2O/c1-27-13-15-31(16-14-27)39-35-12-10-9-11-34(35)38(54-39)28(2)40-36(29-17-21-32(22-18-29)41(3,4)5)25-37(30-19-23-33(24-20-30)42(6,7)8)55(40)46-56-26-43(47,48)44(49,50)45(51,52)53/h9-25H,26H2,1-8H3/b38-28-. The zero-order valence-corrected chi connectivity index (χ0v) is 32.5. The van der Waals surface area contributed by atoms with Crippen LogP contribution in [0.15, 0.2) is 108 Å². The van der Waals surface area contributed by atoms with Gasteiger partial charge in [-0.25, -0.2) is 4.99 Å². The summed E-state index contributed by atoms with van der Waals surface area (Å²) in [7, 11) is 0.797. The summed E-state index contributed by atoms with van der Waals surface area (Å²) in [6.45, 7) is 14.0. The van der Waals surface area contributed by atoms with Crippen molar-refractivity contribution >= 4 is 24.6 Å². The summed E-state index contributed by atoms with van der Waals surface area (Å²) in [4.78, 5) is 5.14. The first-order valence-corrected chi connectivity index (χ1v) is 18.2. The molecule has 2 heterocycles. The molecule has 1 radical (unpaired) electrons. The Labute approximate surface area is 324 Å². The molecular formula is C45H43BF7N2O. The molecule has 0 fully saturated rings. The zero-order valence-electron chi connectivity index (χ0n) is 32.5. The van der Waals surface area contributed by atoms with Crippen LogP contribution in [0.5, 0.6) is 0 Å². The van der Waals surface area contributed by atoms with Gasteiger partial charge in [-0.05, 0) is 58.6 Å². The van der Waals surface area contributed by atoms with Crippen LogP contribution in [-0.2, 0) is 15.5 Å². The minimum absolute atomic E-state index is 0.162. The van der Waals surface area contributed by atoms with Crippen LogP contribution in [0.4, 0.5) is 30.7 Å². The van der Waals surface area contributed by atoms with Gasteiger partial charge in [0.25, 0.3) is 0 Å². The van der Waals surface area contributed by atoms with Crippen LogP contribution < -0.4 is 0 Å². The molecule has 0 atom stereocenters. The van der Waals surface area contributed by atoms with Gasteiger partial charge in [0.15, 0.2) is 0 Å². The molecule has 0 aliphatic carbocycles. The summed E-state index contributed by atoms with van der Waals surface area (Å²) in [5, 5.41) is 0. The number of aryl methyl sites for hydroxylation is 1. The average Bonchev–Trinajstić information content (AvgIpc) is 3.70. The lowest BCUT2D eigenvalue weighted by Crippen LogP contribution is -2.54. The molecule has 5 aromatic rings. The van der Waals surface area contributed by atoms with Gasteiger partial charge in [-0.3, -0.25) is 0 Å². The van der Waals surface area contributed by atoms with Crippen molar-refractivity contribution in [1.82, 2.24) is 4.48 Å². The molecule has 3 nitrogen and oxygen atoms in total. The number of aromatic nitrogens is 1. The maximum absolute atomic E-state index is 14.6. The fourth-order valence-corrected chi connectivity index (χ4v) is 6.72. The smallest absolute Gasteiger partial charge is 0.412 e. The maximum atomic E-state index is 14.6. The Morgan fingerprint density at radius 3 is 1.66 bits per heavy atom. The van der Waals surface area contributed by atoms with Crippen molar-refractivity contribution in [2.24, 2.45) is 4.99 Å². The Hall–Kier alpha value is -4.90. The minimum atomic E-state index is -6.49. The number of aliphatic imine (C=N–C) groups is 1. The van der Waals surface area contributed by atoms with Crippen LogP contribution in [0.3, 0.4) is 0 Å². The highest BCUT2D eigenvalue weighted by atomic mass is 19.4. The second kappa shape index (κ2) is 14.6. The number of benzene rings is 4. The number of fused-ring (bicyclic) bond motifs is 1. The molecular weight excluding hydrogens is 728 g/mol. The van der Waals surface area contributed by atoms with Gasteiger partial charge in [-0.15, -0.1) is 0 Å². The monoisotopic (exact) mass is 771 g/mol. The molecule has 6 rings (SSSR count). The summed E-state index contributed by atoms with van der Waals surface area (Å²) >= 11 is 0. The molecule has 0 saturated carbocycles. The summed E-state index contributed by atoms with van der Waals surface area (Å²) < 4.78 is 103. The fourth-order valence-electron chi connectivity index (χ4n) is 6.72. The lowest BCUT2D eigenvalue weighted by Gasteiger charge is -2.28. The highest BCUT2D eigenvalue weighted by Crippen LogP contribution is 2.47. The zero-order chi connectivity index (χ0) is 41.0. The van der Waals surface area contributed by atoms with E-state index in [4.69, 9.17) is 9.65 Å². The van der Waals surface area contributed by atoms with Crippen LogP contribution >= 0.6 is 0 Å². The number of allylic oxidation sites excluding steroid dienone is 1. The van der Waals surface area contributed by atoms with Gasteiger partial charge in [0.1, 0.15) is 6.61 Å². The van der Waals surface area contributed by atoms with E-state index >= 15 is 0 Å². The SMILES string of the molecule is C/C(=C1/N=C(c2ccc(C)cc2)c2ccccc21)c1c(-c2ccc(C(C)(C)C)cc2)cc(-c2ccc(C(C)(C)C)cc2)n1[B]OCC(F)(F)C(F)(F)C(F)(F)F. The van der Waals surface area contributed by atoms with Gasteiger partial charge < -0.3 is 9.13 Å². The Balaban J connectivity index is 1.60. The molecule has 0 saturated heterocycles. The van der Waals surface area contributed by atoms with Crippen LogP contribution in [0, 0.1) is 6.92 Å². The molecule has 56 heavy (non-hydrogen) atoms. The minimum Gasteiger partial charge on any atom is -0.412 e. The molecule has 0 unspecified atom stereocenters. The Bertz CT molecular complexity index is 2290. The van der Waals surface area contributed by atoms with Crippen LogP contribution in [0.2, 0.25) is 0 Å². The molecule has 1 aliphatic heterocycles. The molecule has 4 aromatic carbocycles. The fraction of sp³-hybridized carbons (Fsp3) is 0.311. The number of nitrogens with zero attached hydrogens (tertiary/aromatic N) is 2. The summed E-state index contributed by atoms with van der Waals surface area (Å²) in [6.07, 6.45) is -6.49. The lowest BCUT2D eigenvalue weighted by atomic mass is 9.86. The third kappa shape index (κ3) is 7.75. The third-order valence-electron chi connectivity index (χ3n) is 10.1. The number of alkyl halides is 7. The van der Waals surface area contributed by atoms with Crippen molar-refractivity contribution in [3.05, 3.63) is 142 Å². The van der Waals surface area contributed by atoms with Gasteiger partial charge in [0.2, 0.25) is 0 Å². The first kappa shape index (κ1) is 40.8. The number of hydrogen-bond acceptors (Lipinski definition) is 2. The molecule has 0 bridgehead atoms. The van der Waals surface area contributed by atoms with Crippen LogP contribution in [0.25, 0.3) is 33.7 Å². The average molecular weight is 772 g/mol. The summed E-state index contributed by atoms with van der Waals surface area (Å²) in [5.41, 5.74) is 10.1. The molecule has 0 spiro atoms. The largest absolute Gasteiger partial charge is 0.459 e. The van der Waals surface area contributed by atoms with E-state index in [-0.39, 0.29) is 10.8 Å². The number of hydrogen-bond donors (Lipinski definition) is 0. The van der Waals surface area contributed by atoms with Crippen LogP contribution in [-0.4, -0.2) is 42.4 Å². The van der Waals surface area contributed by atoms with E-state index < -0.39 is 24.6 Å². The predicted octanol–water partition coefficient (Wildman–Crippen LogP) is 12.7. The molecule has 0 N–H and O–H groups in total. The van der Waals surface area contributed by atoms with E-state index in [1.807, 2.05) is 117 Å². The van der Waals surface area contributed by atoms with Gasteiger partial charge in [-0.1, -0.05) is 144 Å². The van der Waals surface area contributed by atoms with Crippen molar-refractivity contribution in [2.75, 3.05) is 6.61 Å². The highest BCUT2D eigenvalue weighted by Gasteiger charge is 2.72. The van der Waals surface area contributed by atoms with Gasteiger partial charge in [0, 0.05) is 33.6 Å². The van der Waals surface area contributed by atoms with Crippen molar-refractivity contribution in [1.29, 1.82) is 0 Å². The Morgan fingerprint density at radius 1 is 0.643 bits per heavy atom. The van der Waals surface area contributed by atoms with Crippen LogP contribution in [0.1, 0.15) is 87.5 Å². The van der Waals surface area contributed by atoms with Crippen molar-refractivity contribution in [2.45, 2.75) is 84.2 Å².